The molecule has 0 bridgehead atoms. The van der Waals surface area contributed by atoms with Crippen molar-refractivity contribution in [2.45, 2.75) is 19.3 Å². The van der Waals surface area contributed by atoms with Crippen molar-refractivity contribution >= 4 is 116 Å². The molecule has 2 aliphatic carbocycles. The standard InChI is InChI=1S/C68H20N4S4Se2/c1-5-7-9-11-13-15-17-19-21-23-25-27-29-31-33-35-37-51-44-52(38-36-34-32-30-28-26-24-22-20-18-16-14-12-10-8-6-2)46-53(45-51)47-54-55-43-49(3)73-67(55)68-56(54)48-57(74-68)58-41-42-60(78-58)62-65-63(69-75-71-65)61(59-40-39-50(4)77-59)64-66(62)72-76-70-64/h1-2,39-43,47-48,51-53H,3,44-46H2/b54-47-,58-57+,61-59-,62-60+/t51-,52?,53?/m1/s1. The zero-order chi connectivity index (χ0) is 53.7. The Balaban J connectivity index is 1.02. The number of fused-ring (bicyclic) bond motifs is 4. The number of allylic oxidation sites excluding steroid dienone is 1. The minimum absolute atomic E-state index is 0.0194. The summed E-state index contributed by atoms with van der Waals surface area (Å²) in [5.41, 5.74) is 7.04. The number of hydrogen-bond donors (Lipinski definition) is 0. The molecular weight excluding hydrogens is 1160 g/mol. The van der Waals surface area contributed by atoms with E-state index in [-0.39, 0.29) is 46.8 Å². The fourth-order valence-electron chi connectivity index (χ4n) is 7.95. The first-order valence-corrected chi connectivity index (χ1v) is 29.1. The van der Waals surface area contributed by atoms with Crippen LogP contribution in [0.3, 0.4) is 0 Å². The molecule has 78 heavy (non-hydrogen) atoms. The molecule has 348 valence electrons. The van der Waals surface area contributed by atoms with Gasteiger partial charge in [0.05, 0.1) is 0 Å². The monoisotopic (exact) mass is 1180 g/mol. The van der Waals surface area contributed by atoms with Gasteiger partial charge in [0, 0.05) is 0 Å². The Kier molecular flexibility index (Phi) is 18.1. The molecule has 0 N–H and O–H groups in total. The van der Waals surface area contributed by atoms with Crippen molar-refractivity contribution in [2.75, 3.05) is 0 Å². The topological polar surface area (TPSA) is 50.5 Å². The molecule has 2 unspecified atom stereocenters. The molecule has 2 radical (unpaired) electrons. The first kappa shape index (κ1) is 52.7. The van der Waals surface area contributed by atoms with Gasteiger partial charge in [-0.25, -0.2) is 0 Å². The number of terminal acetylenes is 2. The van der Waals surface area contributed by atoms with Crippen LogP contribution in [0.4, 0.5) is 11.4 Å². The maximum absolute atomic E-state index is 8.26. The van der Waals surface area contributed by atoms with E-state index in [9.17, 15) is 0 Å². The van der Waals surface area contributed by atoms with Crippen molar-refractivity contribution in [3.63, 3.8) is 0 Å². The zero-order valence-corrected chi connectivity index (χ0v) is 46.7. The molecule has 0 amide bonds. The van der Waals surface area contributed by atoms with E-state index in [0.717, 1.165) is 60.7 Å². The third-order valence-corrected chi connectivity index (χ3v) is 18.7. The van der Waals surface area contributed by atoms with Gasteiger partial charge in [-0.15, -0.1) is 12.8 Å². The predicted molar refractivity (Wildman–Crippen MR) is 317 cm³/mol. The van der Waals surface area contributed by atoms with Gasteiger partial charge >= 0.3 is 304 Å². The Bertz CT molecular complexity index is 5360. The van der Waals surface area contributed by atoms with E-state index in [1.54, 1.807) is 11.3 Å². The van der Waals surface area contributed by atoms with Crippen LogP contribution in [-0.2, 0) is 11.4 Å². The van der Waals surface area contributed by atoms with Crippen molar-refractivity contribution in [1.29, 1.82) is 0 Å². The van der Waals surface area contributed by atoms with Crippen molar-refractivity contribution in [3.05, 3.63) is 98.5 Å². The van der Waals surface area contributed by atoms with Crippen LogP contribution in [-0.4, -0.2) is 37.8 Å². The molecule has 3 atom stereocenters. The third kappa shape index (κ3) is 13.4. The van der Waals surface area contributed by atoms with E-state index >= 15 is 0 Å². The molecule has 10 heteroatoms. The summed E-state index contributed by atoms with van der Waals surface area (Å²) in [6, 6.07) is 12.9. The molecule has 6 aromatic rings. The second-order valence-electron chi connectivity index (χ2n) is 15.6. The van der Waals surface area contributed by atoms with E-state index in [4.69, 9.17) is 36.9 Å². The van der Waals surface area contributed by atoms with Gasteiger partial charge in [0.25, 0.3) is 0 Å². The number of benzene rings is 1. The molecule has 1 fully saturated rings. The van der Waals surface area contributed by atoms with E-state index < -0.39 is 0 Å². The van der Waals surface area contributed by atoms with Crippen LogP contribution in [0.25, 0.3) is 29.8 Å². The maximum atomic E-state index is 8.26. The Hall–Kier alpha value is -10.2. The van der Waals surface area contributed by atoms with Gasteiger partial charge in [-0.1, -0.05) is 0 Å². The summed E-state index contributed by atoms with van der Waals surface area (Å²) in [5.74, 6) is 90.1. The van der Waals surface area contributed by atoms with Crippen LogP contribution >= 0.6 is 34.4 Å². The summed E-state index contributed by atoms with van der Waals surface area (Å²) in [6.07, 6.45) is 14.9. The Morgan fingerprint density at radius 1 is 0.513 bits per heavy atom. The third-order valence-electron chi connectivity index (χ3n) is 10.8. The first-order chi connectivity index (χ1) is 38.5. The molecule has 0 saturated heterocycles. The fourth-order valence-corrected chi connectivity index (χ4v) is 15.5. The average molecular weight is 1180 g/mol. The van der Waals surface area contributed by atoms with Crippen LogP contribution < -0.4 is 8.62 Å². The molecule has 4 nitrogen and oxygen atoms in total. The van der Waals surface area contributed by atoms with Gasteiger partial charge < -0.3 is 0 Å². The van der Waals surface area contributed by atoms with E-state index in [2.05, 4.69) is 238 Å². The molecule has 6 heterocycles. The van der Waals surface area contributed by atoms with E-state index in [0.29, 0.717) is 4.09 Å². The van der Waals surface area contributed by atoms with Crippen LogP contribution in [0, 0.1) is 268 Å². The summed E-state index contributed by atoms with van der Waals surface area (Å²) in [7, 11) is 0. The number of hydrogen-bond acceptors (Lipinski definition) is 7. The second kappa shape index (κ2) is 26.9. The normalized spacial score (nSPS) is 15.1. The van der Waals surface area contributed by atoms with Crippen molar-refractivity contribution < 1.29 is 0 Å². The number of nitrogens with zero attached hydrogens (tertiary/aromatic N) is 4. The molecule has 1 aromatic carbocycles. The molecule has 9 rings (SSSR count). The van der Waals surface area contributed by atoms with Crippen LogP contribution in [0.2, 0.25) is 0 Å². The Morgan fingerprint density at radius 3 is 1.41 bits per heavy atom. The quantitative estimate of drug-likeness (QED) is 0.140. The number of aromatic nitrogens is 2. The fraction of sp³-hybridized carbons (Fsp3) is 0.0882. The summed E-state index contributed by atoms with van der Waals surface area (Å²) in [4.78, 5) is 0. The van der Waals surface area contributed by atoms with Gasteiger partial charge in [-0.2, -0.15) is 0 Å². The number of rotatable bonds is 1. The average Bonchev–Trinajstić information content (AvgIpc) is 4.34. The predicted octanol–water partition coefficient (Wildman–Crippen LogP) is 6.48. The minimum atomic E-state index is -0.115. The van der Waals surface area contributed by atoms with E-state index in [1.807, 2.05) is 23.5 Å². The molecule has 1 saturated carbocycles. The zero-order valence-electron chi connectivity index (χ0n) is 40.0. The SMILES string of the molecule is [C]=c1cc/c(=c2/c3c(/c(=c4\cc/c(=c5/cc6c(s5)=c5sc(=C)cc5/C6=C/C5CC(C#CC#CC#CC#CC#CC#CC#CC#CC#C)C[C@@H](C#CC#CC#CC#CC#CC#CC#CC#CC#C)C5)[se]4)c4nsnc24)N=S=N3)[se]1. The van der Waals surface area contributed by atoms with Gasteiger partial charge in [-0.3, -0.25) is 0 Å². The van der Waals surface area contributed by atoms with Crippen LogP contribution in [0.15, 0.2) is 51.2 Å². The Labute approximate surface area is 478 Å². The van der Waals surface area contributed by atoms with E-state index in [1.165, 1.54) is 61.6 Å². The molecule has 5 aromatic heterocycles. The van der Waals surface area contributed by atoms with Crippen LogP contribution in [0.5, 0.6) is 0 Å². The molecular formula is C68H20N4S4Se2. The molecule has 1 aliphatic heterocycles. The summed E-state index contributed by atoms with van der Waals surface area (Å²) >= 11 is 5.83. The number of thiophene rings is 2. The van der Waals surface area contributed by atoms with Gasteiger partial charge in [0.1, 0.15) is 0 Å². The van der Waals surface area contributed by atoms with Gasteiger partial charge in [-0.05, 0) is 166 Å². The van der Waals surface area contributed by atoms with Crippen molar-refractivity contribution in [1.82, 2.24) is 8.75 Å². The van der Waals surface area contributed by atoms with Crippen molar-refractivity contribution in [2.24, 2.45) is 26.5 Å². The second-order valence-corrected chi connectivity index (χ2v) is 23.4. The van der Waals surface area contributed by atoms with Crippen molar-refractivity contribution in [3.8, 4) is 214 Å². The molecule has 0 spiro atoms. The van der Waals surface area contributed by atoms with Gasteiger partial charge in [0.2, 0.25) is 0 Å². The first-order valence-electron chi connectivity index (χ1n) is 22.6. The van der Waals surface area contributed by atoms with Gasteiger partial charge in [0.15, 0.2) is 0 Å². The van der Waals surface area contributed by atoms with Crippen LogP contribution in [0.1, 0.15) is 30.4 Å². The summed E-state index contributed by atoms with van der Waals surface area (Å²) in [5, 5.41) is 1.97. The summed E-state index contributed by atoms with van der Waals surface area (Å²) < 4.78 is 28.2. The summed E-state index contributed by atoms with van der Waals surface area (Å²) in [6.45, 7) is 12.6. The molecule has 3 aliphatic rings. The Morgan fingerprint density at radius 2 is 0.936 bits per heavy atom.